The molecule has 6 heteroatoms. The molecule has 0 unspecified atom stereocenters. The third-order valence-corrected chi connectivity index (χ3v) is 4.19. The Labute approximate surface area is 122 Å². The third-order valence-electron chi connectivity index (χ3n) is 3.30. The van der Waals surface area contributed by atoms with Gasteiger partial charge in [0.2, 0.25) is 5.91 Å². The van der Waals surface area contributed by atoms with Crippen molar-refractivity contribution in [3.8, 4) is 0 Å². The Morgan fingerprint density at radius 2 is 2.30 bits per heavy atom. The zero-order chi connectivity index (χ0) is 14.8. The van der Waals surface area contributed by atoms with Gasteiger partial charge in [-0.3, -0.25) is 9.20 Å². The van der Waals surface area contributed by atoms with Crippen molar-refractivity contribution in [2.75, 3.05) is 13.2 Å². The summed E-state index contributed by atoms with van der Waals surface area (Å²) in [5.74, 6) is 0.00191. The zero-order valence-electron chi connectivity index (χ0n) is 12.1. The van der Waals surface area contributed by atoms with Crippen LogP contribution in [0, 0.1) is 12.3 Å². The Balaban J connectivity index is 1.94. The molecule has 2 N–H and O–H groups in total. The third kappa shape index (κ3) is 3.58. The lowest BCUT2D eigenvalue weighted by atomic mass is 9.90. The Hall–Kier alpha value is -1.40. The number of aliphatic hydroxyl groups excluding tert-OH is 1. The van der Waals surface area contributed by atoms with Crippen LogP contribution < -0.4 is 5.32 Å². The predicted octanol–water partition coefficient (Wildman–Crippen LogP) is 1.77. The van der Waals surface area contributed by atoms with Gasteiger partial charge in [0.1, 0.15) is 0 Å². The summed E-state index contributed by atoms with van der Waals surface area (Å²) in [7, 11) is 0. The van der Waals surface area contributed by atoms with Crippen molar-refractivity contribution < 1.29 is 9.90 Å². The molecule has 0 bridgehead atoms. The molecule has 0 aliphatic heterocycles. The van der Waals surface area contributed by atoms with Crippen LogP contribution in [0.4, 0.5) is 0 Å². The minimum Gasteiger partial charge on any atom is -0.396 e. The van der Waals surface area contributed by atoms with E-state index in [2.05, 4.69) is 10.3 Å². The number of fused-ring (bicyclic) bond motifs is 1. The van der Waals surface area contributed by atoms with Crippen LogP contribution in [0.2, 0.25) is 0 Å². The number of carbonyl (C=O) groups is 1. The molecule has 0 saturated carbocycles. The number of rotatable bonds is 6. The second-order valence-electron chi connectivity index (χ2n) is 5.85. The maximum atomic E-state index is 12.0. The second kappa shape index (κ2) is 5.93. The van der Waals surface area contributed by atoms with E-state index in [1.54, 1.807) is 11.3 Å². The van der Waals surface area contributed by atoms with Gasteiger partial charge in [0.05, 0.1) is 12.1 Å². The predicted molar refractivity (Wildman–Crippen MR) is 80.0 cm³/mol. The summed E-state index contributed by atoms with van der Waals surface area (Å²) in [6.07, 6.45) is 2.98. The highest BCUT2D eigenvalue weighted by Gasteiger charge is 2.18. The lowest BCUT2D eigenvalue weighted by Gasteiger charge is -2.23. The Morgan fingerprint density at radius 1 is 1.55 bits per heavy atom. The quantitative estimate of drug-likeness (QED) is 0.853. The van der Waals surface area contributed by atoms with Crippen molar-refractivity contribution in [2.45, 2.75) is 33.6 Å². The van der Waals surface area contributed by atoms with E-state index in [4.69, 9.17) is 5.11 Å². The molecule has 20 heavy (non-hydrogen) atoms. The number of hydrogen-bond acceptors (Lipinski definition) is 4. The van der Waals surface area contributed by atoms with E-state index in [-0.39, 0.29) is 17.9 Å². The van der Waals surface area contributed by atoms with Crippen molar-refractivity contribution in [3.63, 3.8) is 0 Å². The number of nitrogens with one attached hydrogen (secondary N) is 1. The van der Waals surface area contributed by atoms with Crippen molar-refractivity contribution in [1.82, 2.24) is 14.7 Å². The zero-order valence-corrected chi connectivity index (χ0v) is 13.0. The van der Waals surface area contributed by atoms with Gasteiger partial charge in [0, 0.05) is 30.4 Å². The van der Waals surface area contributed by atoms with Crippen molar-refractivity contribution >= 4 is 22.2 Å². The molecule has 0 aliphatic rings. The summed E-state index contributed by atoms with van der Waals surface area (Å²) in [5, 5.41) is 13.9. The average Bonchev–Trinajstić information content (AvgIpc) is 2.88. The van der Waals surface area contributed by atoms with Crippen LogP contribution in [0.25, 0.3) is 4.96 Å². The van der Waals surface area contributed by atoms with Gasteiger partial charge in [-0.15, -0.1) is 11.3 Å². The number of aromatic nitrogens is 2. The van der Waals surface area contributed by atoms with Crippen molar-refractivity contribution in [2.24, 2.45) is 5.41 Å². The molecule has 1 amide bonds. The highest BCUT2D eigenvalue weighted by molar-refractivity contribution is 7.15. The normalized spacial score (nSPS) is 12.0. The first-order chi connectivity index (χ1) is 9.41. The summed E-state index contributed by atoms with van der Waals surface area (Å²) in [6, 6.07) is 0. The first-order valence-electron chi connectivity index (χ1n) is 6.71. The van der Waals surface area contributed by atoms with E-state index in [0.29, 0.717) is 19.4 Å². The number of imidazole rings is 1. The molecule has 0 fully saturated rings. The molecular formula is C14H21N3O2S. The molecule has 0 spiro atoms. The highest BCUT2D eigenvalue weighted by Crippen LogP contribution is 2.19. The van der Waals surface area contributed by atoms with Gasteiger partial charge in [-0.25, -0.2) is 4.98 Å². The molecule has 0 saturated heterocycles. The maximum Gasteiger partial charge on any atom is 0.226 e. The number of thiazole rings is 1. The van der Waals surface area contributed by atoms with Crippen LogP contribution in [0.3, 0.4) is 0 Å². The van der Waals surface area contributed by atoms with Crippen LogP contribution in [0.5, 0.6) is 0 Å². The van der Waals surface area contributed by atoms with Gasteiger partial charge >= 0.3 is 0 Å². The minimum absolute atomic E-state index is 0.00191. The fraction of sp³-hybridized carbons (Fsp3) is 0.571. The SMILES string of the molecule is Cc1cn2c(CC(=O)NCC(C)(C)CCO)csc2n1. The molecule has 0 atom stereocenters. The average molecular weight is 295 g/mol. The van der Waals surface area contributed by atoms with E-state index in [0.717, 1.165) is 16.3 Å². The smallest absolute Gasteiger partial charge is 0.226 e. The molecule has 2 heterocycles. The minimum atomic E-state index is -0.0834. The molecule has 0 radical (unpaired) electrons. The van der Waals surface area contributed by atoms with E-state index in [9.17, 15) is 4.79 Å². The van der Waals surface area contributed by atoms with Gasteiger partial charge in [-0.1, -0.05) is 13.8 Å². The fourth-order valence-electron chi connectivity index (χ4n) is 2.02. The number of carbonyl (C=O) groups excluding carboxylic acids is 1. The highest BCUT2D eigenvalue weighted by atomic mass is 32.1. The Bertz CT molecular complexity index is 601. The number of nitrogens with zero attached hydrogens (tertiary/aromatic N) is 2. The summed E-state index contributed by atoms with van der Waals surface area (Å²) in [4.78, 5) is 17.3. The van der Waals surface area contributed by atoms with Crippen molar-refractivity contribution in [3.05, 3.63) is 23.0 Å². The summed E-state index contributed by atoms with van der Waals surface area (Å²) in [5.41, 5.74) is 1.84. The van der Waals surface area contributed by atoms with Crippen molar-refractivity contribution in [1.29, 1.82) is 0 Å². The van der Waals surface area contributed by atoms with Gasteiger partial charge < -0.3 is 10.4 Å². The first-order valence-corrected chi connectivity index (χ1v) is 7.59. The number of aliphatic hydroxyl groups is 1. The van der Waals surface area contributed by atoms with Crippen LogP contribution in [0.15, 0.2) is 11.6 Å². The molecule has 2 aromatic rings. The number of aryl methyl sites for hydroxylation is 1. The molecule has 2 aromatic heterocycles. The Kier molecular flexibility index (Phi) is 4.45. The van der Waals surface area contributed by atoms with Crippen LogP contribution in [-0.4, -0.2) is 33.6 Å². The lowest BCUT2D eigenvalue weighted by molar-refractivity contribution is -0.121. The molecule has 0 aliphatic carbocycles. The summed E-state index contributed by atoms with van der Waals surface area (Å²) >= 11 is 1.55. The second-order valence-corrected chi connectivity index (χ2v) is 6.69. The van der Waals surface area contributed by atoms with Gasteiger partial charge in [-0.2, -0.15) is 0 Å². The standard InChI is InChI=1S/C14H21N3O2S/c1-10-7-17-11(8-20-13(17)16-10)6-12(19)15-9-14(2,3)4-5-18/h7-8,18H,4-6,9H2,1-3H3,(H,15,19). The lowest BCUT2D eigenvalue weighted by Crippen LogP contribution is -2.35. The van der Waals surface area contributed by atoms with Crippen LogP contribution in [-0.2, 0) is 11.2 Å². The fourth-order valence-corrected chi connectivity index (χ4v) is 2.94. The van der Waals surface area contributed by atoms with Gasteiger partial charge in [0.15, 0.2) is 4.96 Å². The molecule has 0 aromatic carbocycles. The van der Waals surface area contributed by atoms with Gasteiger partial charge in [0.25, 0.3) is 0 Å². The molecule has 5 nitrogen and oxygen atoms in total. The van der Waals surface area contributed by atoms with E-state index >= 15 is 0 Å². The maximum absolute atomic E-state index is 12.0. The Morgan fingerprint density at radius 3 is 3.00 bits per heavy atom. The number of hydrogen-bond donors (Lipinski definition) is 2. The summed E-state index contributed by atoms with van der Waals surface area (Å²) < 4.78 is 1.97. The molecule has 110 valence electrons. The first kappa shape index (κ1) is 15.0. The topological polar surface area (TPSA) is 66.6 Å². The van der Waals surface area contributed by atoms with E-state index in [1.165, 1.54) is 0 Å². The number of amides is 1. The van der Waals surface area contributed by atoms with Gasteiger partial charge in [-0.05, 0) is 18.8 Å². The van der Waals surface area contributed by atoms with E-state index in [1.807, 2.05) is 36.7 Å². The molecule has 2 rings (SSSR count). The largest absolute Gasteiger partial charge is 0.396 e. The monoisotopic (exact) mass is 295 g/mol. The van der Waals surface area contributed by atoms with Crippen LogP contribution in [0.1, 0.15) is 31.7 Å². The van der Waals surface area contributed by atoms with E-state index < -0.39 is 0 Å². The summed E-state index contributed by atoms with van der Waals surface area (Å²) in [6.45, 7) is 6.73. The molecular weight excluding hydrogens is 274 g/mol. The van der Waals surface area contributed by atoms with Crippen LogP contribution >= 0.6 is 11.3 Å².